The lowest BCUT2D eigenvalue weighted by molar-refractivity contribution is 0.0483. The largest absolute Gasteiger partial charge is 0.379 e. The van der Waals surface area contributed by atoms with E-state index in [9.17, 15) is 0 Å². The zero-order valence-electron chi connectivity index (χ0n) is 10.2. The van der Waals surface area contributed by atoms with Gasteiger partial charge in [0.2, 0.25) is 0 Å². The molecule has 2 aliphatic carbocycles. The molecule has 0 saturated heterocycles. The molecular weight excluding hydrogens is 186 g/mol. The molecule has 4 atom stereocenters. The molecule has 0 amide bonds. The Morgan fingerprint density at radius 1 is 1.33 bits per heavy atom. The van der Waals surface area contributed by atoms with E-state index >= 15 is 0 Å². The number of hydrogen-bond acceptors (Lipinski definition) is 2. The summed E-state index contributed by atoms with van der Waals surface area (Å²) in [4.78, 5) is 0. The predicted octanol–water partition coefficient (Wildman–Crippen LogP) is 2.57. The molecular formula is C13H25NO. The maximum Gasteiger partial charge on any atom is 0.0643 e. The number of rotatable bonds is 5. The van der Waals surface area contributed by atoms with E-state index in [1.165, 1.54) is 25.7 Å². The molecule has 2 rings (SSSR count). The maximum atomic E-state index is 6.05. The minimum atomic E-state index is -0.127. The highest BCUT2D eigenvalue weighted by molar-refractivity contribution is 4.90. The molecule has 2 heteroatoms. The van der Waals surface area contributed by atoms with E-state index < -0.39 is 0 Å². The Bertz CT molecular complexity index is 215. The number of fused-ring (bicyclic) bond motifs is 2. The van der Waals surface area contributed by atoms with Gasteiger partial charge in [-0.25, -0.2) is 0 Å². The standard InChI is InChI=1S/C13H25NO/c1-3-13(2,14)9-15-8-12-7-10-4-5-11(12)6-10/h10-12H,3-9,14H2,1-2H3. The van der Waals surface area contributed by atoms with Crippen LogP contribution in [0, 0.1) is 17.8 Å². The first-order valence-corrected chi connectivity index (χ1v) is 6.47. The van der Waals surface area contributed by atoms with Crippen LogP contribution in [0.4, 0.5) is 0 Å². The molecule has 0 spiro atoms. The van der Waals surface area contributed by atoms with Crippen molar-refractivity contribution in [3.05, 3.63) is 0 Å². The minimum Gasteiger partial charge on any atom is -0.379 e. The van der Waals surface area contributed by atoms with Crippen LogP contribution in [0.2, 0.25) is 0 Å². The molecule has 0 aromatic rings. The van der Waals surface area contributed by atoms with E-state index in [4.69, 9.17) is 10.5 Å². The summed E-state index contributed by atoms with van der Waals surface area (Å²) in [5.41, 5.74) is 5.92. The molecule has 2 saturated carbocycles. The quantitative estimate of drug-likeness (QED) is 0.758. The molecule has 2 N–H and O–H groups in total. The smallest absolute Gasteiger partial charge is 0.0643 e. The summed E-state index contributed by atoms with van der Waals surface area (Å²) < 4.78 is 5.80. The van der Waals surface area contributed by atoms with Crippen LogP contribution in [0.3, 0.4) is 0 Å². The van der Waals surface area contributed by atoms with E-state index in [0.717, 1.165) is 37.4 Å². The highest BCUT2D eigenvalue weighted by Gasteiger charge is 2.39. The highest BCUT2D eigenvalue weighted by Crippen LogP contribution is 2.48. The van der Waals surface area contributed by atoms with Crippen LogP contribution in [0.1, 0.15) is 46.0 Å². The van der Waals surface area contributed by atoms with Crippen LogP contribution in [0.5, 0.6) is 0 Å². The summed E-state index contributed by atoms with van der Waals surface area (Å²) in [5.74, 6) is 2.84. The molecule has 88 valence electrons. The van der Waals surface area contributed by atoms with Crippen molar-refractivity contribution in [1.82, 2.24) is 0 Å². The summed E-state index contributed by atoms with van der Waals surface area (Å²) in [7, 11) is 0. The van der Waals surface area contributed by atoms with Crippen molar-refractivity contribution < 1.29 is 4.74 Å². The SMILES string of the molecule is CCC(C)(N)COCC1CC2CCC1C2. The third-order valence-corrected chi connectivity index (χ3v) is 4.46. The van der Waals surface area contributed by atoms with Crippen molar-refractivity contribution in [2.45, 2.75) is 51.5 Å². The fourth-order valence-corrected chi connectivity index (χ4v) is 3.13. The fraction of sp³-hybridized carbons (Fsp3) is 1.00. The Hall–Kier alpha value is -0.0800. The molecule has 15 heavy (non-hydrogen) atoms. The molecule has 0 aromatic heterocycles. The second kappa shape index (κ2) is 4.42. The Morgan fingerprint density at radius 2 is 2.13 bits per heavy atom. The van der Waals surface area contributed by atoms with Gasteiger partial charge in [-0.15, -0.1) is 0 Å². The van der Waals surface area contributed by atoms with Crippen molar-refractivity contribution >= 4 is 0 Å². The molecule has 0 heterocycles. The zero-order valence-corrected chi connectivity index (χ0v) is 10.2. The molecule has 0 aromatic carbocycles. The molecule has 0 radical (unpaired) electrons. The lowest BCUT2D eigenvalue weighted by Gasteiger charge is -2.26. The Labute approximate surface area is 93.6 Å². The van der Waals surface area contributed by atoms with Gasteiger partial charge in [-0.05, 0) is 50.4 Å². The van der Waals surface area contributed by atoms with Gasteiger partial charge >= 0.3 is 0 Å². The van der Waals surface area contributed by atoms with Crippen LogP contribution in [0.25, 0.3) is 0 Å². The van der Waals surface area contributed by atoms with E-state index in [2.05, 4.69) is 13.8 Å². The number of nitrogens with two attached hydrogens (primary N) is 1. The van der Waals surface area contributed by atoms with Crippen molar-refractivity contribution in [3.8, 4) is 0 Å². The van der Waals surface area contributed by atoms with Gasteiger partial charge in [-0.3, -0.25) is 0 Å². The first-order valence-electron chi connectivity index (χ1n) is 6.47. The van der Waals surface area contributed by atoms with Gasteiger partial charge in [-0.1, -0.05) is 13.3 Å². The van der Waals surface area contributed by atoms with Gasteiger partial charge in [0.25, 0.3) is 0 Å². The average molecular weight is 211 g/mol. The van der Waals surface area contributed by atoms with Crippen LogP contribution in [-0.2, 0) is 4.74 Å². The van der Waals surface area contributed by atoms with Crippen molar-refractivity contribution in [2.75, 3.05) is 13.2 Å². The first kappa shape index (κ1) is 11.4. The van der Waals surface area contributed by atoms with Crippen LogP contribution in [-0.4, -0.2) is 18.8 Å². The molecule has 2 nitrogen and oxygen atoms in total. The van der Waals surface area contributed by atoms with Crippen LogP contribution < -0.4 is 5.73 Å². The second-order valence-electron chi connectivity index (χ2n) is 5.96. The summed E-state index contributed by atoms with van der Waals surface area (Å²) in [5, 5.41) is 0. The lowest BCUT2D eigenvalue weighted by Crippen LogP contribution is -2.41. The predicted molar refractivity (Wildman–Crippen MR) is 62.6 cm³/mol. The Kier molecular flexibility index (Phi) is 3.36. The average Bonchev–Trinajstić information content (AvgIpc) is 2.79. The molecule has 0 aliphatic heterocycles. The monoisotopic (exact) mass is 211 g/mol. The lowest BCUT2D eigenvalue weighted by atomic mass is 9.89. The Balaban J connectivity index is 1.67. The van der Waals surface area contributed by atoms with Gasteiger partial charge in [0.15, 0.2) is 0 Å². The molecule has 2 aliphatic rings. The van der Waals surface area contributed by atoms with Gasteiger partial charge in [-0.2, -0.15) is 0 Å². The van der Waals surface area contributed by atoms with Gasteiger partial charge in [0.05, 0.1) is 6.61 Å². The van der Waals surface area contributed by atoms with E-state index in [0.29, 0.717) is 0 Å². The van der Waals surface area contributed by atoms with Gasteiger partial charge < -0.3 is 10.5 Å². The fourth-order valence-electron chi connectivity index (χ4n) is 3.13. The second-order valence-corrected chi connectivity index (χ2v) is 5.96. The topological polar surface area (TPSA) is 35.2 Å². The third-order valence-electron chi connectivity index (χ3n) is 4.46. The van der Waals surface area contributed by atoms with E-state index in [1.54, 1.807) is 0 Å². The Morgan fingerprint density at radius 3 is 2.67 bits per heavy atom. The van der Waals surface area contributed by atoms with Crippen LogP contribution in [0.15, 0.2) is 0 Å². The van der Waals surface area contributed by atoms with Crippen LogP contribution >= 0.6 is 0 Å². The number of ether oxygens (including phenoxy) is 1. The maximum absolute atomic E-state index is 6.05. The summed E-state index contributed by atoms with van der Waals surface area (Å²) >= 11 is 0. The summed E-state index contributed by atoms with van der Waals surface area (Å²) in [6, 6.07) is 0. The van der Waals surface area contributed by atoms with Gasteiger partial charge in [0, 0.05) is 12.1 Å². The highest BCUT2D eigenvalue weighted by atomic mass is 16.5. The zero-order chi connectivity index (χ0) is 10.9. The number of hydrogen-bond donors (Lipinski definition) is 1. The molecule has 2 fully saturated rings. The van der Waals surface area contributed by atoms with Crippen molar-refractivity contribution in [3.63, 3.8) is 0 Å². The third kappa shape index (κ3) is 2.73. The van der Waals surface area contributed by atoms with Crippen molar-refractivity contribution in [1.29, 1.82) is 0 Å². The van der Waals surface area contributed by atoms with Crippen molar-refractivity contribution in [2.24, 2.45) is 23.5 Å². The molecule has 2 bridgehead atoms. The van der Waals surface area contributed by atoms with E-state index in [1.807, 2.05) is 0 Å². The minimum absolute atomic E-state index is 0.127. The first-order chi connectivity index (χ1) is 7.11. The normalized spacial score (nSPS) is 38.2. The summed E-state index contributed by atoms with van der Waals surface area (Å²) in [6.45, 7) is 5.88. The summed E-state index contributed by atoms with van der Waals surface area (Å²) in [6.07, 6.45) is 6.81. The molecule has 4 unspecified atom stereocenters. The van der Waals surface area contributed by atoms with E-state index in [-0.39, 0.29) is 5.54 Å². The van der Waals surface area contributed by atoms with Gasteiger partial charge in [0.1, 0.15) is 0 Å².